The summed E-state index contributed by atoms with van der Waals surface area (Å²) in [4.78, 5) is 14.1. The van der Waals surface area contributed by atoms with Crippen molar-refractivity contribution in [3.63, 3.8) is 0 Å². The molecule has 2 rings (SSSR count). The summed E-state index contributed by atoms with van der Waals surface area (Å²) in [7, 11) is -0.385. The van der Waals surface area contributed by atoms with E-state index in [9.17, 15) is 4.79 Å². The van der Waals surface area contributed by atoms with E-state index in [4.69, 9.17) is 9.31 Å². The van der Waals surface area contributed by atoms with Crippen LogP contribution in [0, 0.1) is 6.92 Å². The molecule has 0 spiro atoms. The summed E-state index contributed by atoms with van der Waals surface area (Å²) in [5.41, 5.74) is 0.892. The van der Waals surface area contributed by atoms with Crippen LogP contribution in [0.5, 0.6) is 0 Å². The van der Waals surface area contributed by atoms with E-state index in [0.717, 1.165) is 11.3 Å². The van der Waals surface area contributed by atoms with Gasteiger partial charge in [0.2, 0.25) is 5.56 Å². The minimum Gasteiger partial charge on any atom is -0.400 e. The van der Waals surface area contributed by atoms with Gasteiger partial charge in [-0.05, 0) is 46.2 Å². The Morgan fingerprint density at radius 2 is 1.74 bits per heavy atom. The van der Waals surface area contributed by atoms with E-state index in [1.807, 2.05) is 52.7 Å². The Balaban J connectivity index is 2.15. The molecule has 0 amide bonds. The first-order valence-electron chi connectivity index (χ1n) is 6.44. The van der Waals surface area contributed by atoms with E-state index in [-0.39, 0.29) is 23.9 Å². The third-order valence-corrected chi connectivity index (χ3v) is 3.72. The summed E-state index contributed by atoms with van der Waals surface area (Å²) in [6.45, 7) is 9.90. The molecular formula is C14H20BNO3. The summed E-state index contributed by atoms with van der Waals surface area (Å²) in [6, 6.07) is 3.46. The maximum atomic E-state index is 11.4. The SMILES string of the molecule is Cc1cc(/C=C/B2OC(C)(C)C(C)(C)O2)cc(=O)[nH]1. The largest absolute Gasteiger partial charge is 0.487 e. The maximum absolute atomic E-state index is 11.4. The summed E-state index contributed by atoms with van der Waals surface area (Å²) < 4.78 is 11.7. The van der Waals surface area contributed by atoms with E-state index in [0.29, 0.717) is 0 Å². The number of nitrogens with one attached hydrogen (secondary N) is 1. The predicted molar refractivity (Wildman–Crippen MR) is 76.9 cm³/mol. The van der Waals surface area contributed by atoms with Crippen LogP contribution in [0.3, 0.4) is 0 Å². The molecule has 0 atom stereocenters. The Morgan fingerprint density at radius 1 is 1.16 bits per heavy atom. The molecule has 0 unspecified atom stereocenters. The molecule has 1 aromatic heterocycles. The summed E-state index contributed by atoms with van der Waals surface area (Å²) in [5, 5.41) is 0. The number of aryl methyl sites for hydroxylation is 1. The Kier molecular flexibility index (Phi) is 3.45. The van der Waals surface area contributed by atoms with Crippen LogP contribution in [0.4, 0.5) is 0 Å². The van der Waals surface area contributed by atoms with Crippen molar-refractivity contribution in [2.75, 3.05) is 0 Å². The van der Waals surface area contributed by atoms with E-state index < -0.39 is 0 Å². The van der Waals surface area contributed by atoms with Crippen LogP contribution in [-0.4, -0.2) is 23.3 Å². The summed E-state index contributed by atoms with van der Waals surface area (Å²) in [6.07, 6.45) is 1.85. The second kappa shape index (κ2) is 4.65. The van der Waals surface area contributed by atoms with E-state index in [1.165, 1.54) is 0 Å². The Labute approximate surface area is 114 Å². The molecule has 0 bridgehead atoms. The molecule has 1 aliphatic rings. The first kappa shape index (κ1) is 14.1. The number of aromatic nitrogens is 1. The van der Waals surface area contributed by atoms with Crippen LogP contribution in [0.2, 0.25) is 0 Å². The van der Waals surface area contributed by atoms with Crippen molar-refractivity contribution in [2.45, 2.75) is 45.8 Å². The second-order valence-electron chi connectivity index (χ2n) is 5.94. The number of hydrogen-bond acceptors (Lipinski definition) is 3. The van der Waals surface area contributed by atoms with Crippen molar-refractivity contribution in [3.05, 3.63) is 39.7 Å². The lowest BCUT2D eigenvalue weighted by Crippen LogP contribution is -2.41. The second-order valence-corrected chi connectivity index (χ2v) is 5.94. The van der Waals surface area contributed by atoms with E-state index in [1.54, 1.807) is 6.07 Å². The summed E-state index contributed by atoms with van der Waals surface area (Å²) >= 11 is 0. The molecule has 1 saturated heterocycles. The highest BCUT2D eigenvalue weighted by Gasteiger charge is 2.49. The van der Waals surface area contributed by atoms with Gasteiger partial charge in [0.25, 0.3) is 0 Å². The van der Waals surface area contributed by atoms with Crippen molar-refractivity contribution in [1.29, 1.82) is 0 Å². The topological polar surface area (TPSA) is 51.3 Å². The molecule has 5 heteroatoms. The maximum Gasteiger partial charge on any atom is 0.487 e. The van der Waals surface area contributed by atoms with Gasteiger partial charge in [-0.3, -0.25) is 4.79 Å². The van der Waals surface area contributed by atoms with Gasteiger partial charge >= 0.3 is 7.12 Å². The number of H-pyrrole nitrogens is 1. The van der Waals surface area contributed by atoms with Gasteiger partial charge in [0.15, 0.2) is 0 Å². The Hall–Kier alpha value is -1.33. The van der Waals surface area contributed by atoms with Crippen LogP contribution in [0.1, 0.15) is 39.0 Å². The van der Waals surface area contributed by atoms with Crippen LogP contribution < -0.4 is 5.56 Å². The smallest absolute Gasteiger partial charge is 0.400 e. The lowest BCUT2D eigenvalue weighted by molar-refractivity contribution is 0.00578. The van der Waals surface area contributed by atoms with Gasteiger partial charge in [0, 0.05) is 11.8 Å². The highest BCUT2D eigenvalue weighted by molar-refractivity contribution is 6.52. The Morgan fingerprint density at radius 3 is 2.26 bits per heavy atom. The number of pyridine rings is 1. The minimum absolute atomic E-state index is 0.103. The molecule has 0 aliphatic carbocycles. The van der Waals surface area contributed by atoms with Crippen molar-refractivity contribution < 1.29 is 9.31 Å². The monoisotopic (exact) mass is 261 g/mol. The van der Waals surface area contributed by atoms with Crippen LogP contribution >= 0.6 is 0 Å². The molecule has 4 nitrogen and oxygen atoms in total. The van der Waals surface area contributed by atoms with Crippen LogP contribution in [-0.2, 0) is 9.31 Å². The molecule has 1 fully saturated rings. The molecular weight excluding hydrogens is 241 g/mol. The molecule has 0 aromatic carbocycles. The average molecular weight is 261 g/mol. The average Bonchev–Trinajstić information content (AvgIpc) is 2.43. The number of rotatable bonds is 2. The van der Waals surface area contributed by atoms with Gasteiger partial charge in [0.1, 0.15) is 0 Å². The highest BCUT2D eigenvalue weighted by Crippen LogP contribution is 2.36. The van der Waals surface area contributed by atoms with Gasteiger partial charge in [-0.1, -0.05) is 12.1 Å². The lowest BCUT2D eigenvalue weighted by atomic mass is 9.89. The van der Waals surface area contributed by atoms with Crippen molar-refractivity contribution in [3.8, 4) is 0 Å². The zero-order valence-electron chi connectivity index (χ0n) is 12.1. The molecule has 2 heterocycles. The van der Waals surface area contributed by atoms with Crippen molar-refractivity contribution in [2.24, 2.45) is 0 Å². The van der Waals surface area contributed by atoms with Gasteiger partial charge in [-0.15, -0.1) is 0 Å². The minimum atomic E-state index is -0.385. The molecule has 1 aliphatic heterocycles. The van der Waals surface area contributed by atoms with Crippen LogP contribution in [0.15, 0.2) is 22.9 Å². The van der Waals surface area contributed by atoms with Gasteiger partial charge in [-0.2, -0.15) is 0 Å². The zero-order valence-corrected chi connectivity index (χ0v) is 12.1. The fourth-order valence-corrected chi connectivity index (χ4v) is 1.96. The number of hydrogen-bond donors (Lipinski definition) is 1. The summed E-state index contributed by atoms with van der Waals surface area (Å²) in [5.74, 6) is 1.84. The first-order valence-corrected chi connectivity index (χ1v) is 6.44. The molecule has 102 valence electrons. The Bertz CT molecular complexity index is 544. The molecule has 1 N–H and O–H groups in total. The standard InChI is InChI=1S/C14H20BNO3/c1-10-8-11(9-12(17)16-10)6-7-15-18-13(2,3)14(4,5)19-15/h6-9H,1-5H3,(H,16,17)/b7-6+. The van der Waals surface area contributed by atoms with E-state index >= 15 is 0 Å². The molecule has 0 saturated carbocycles. The molecule has 19 heavy (non-hydrogen) atoms. The highest BCUT2D eigenvalue weighted by atomic mass is 16.7. The van der Waals surface area contributed by atoms with Gasteiger partial charge in [0.05, 0.1) is 11.2 Å². The van der Waals surface area contributed by atoms with Crippen LogP contribution in [0.25, 0.3) is 6.08 Å². The quantitative estimate of drug-likeness (QED) is 0.831. The normalized spacial score (nSPS) is 21.2. The predicted octanol–water partition coefficient (Wildman–Crippen LogP) is 2.33. The van der Waals surface area contributed by atoms with Gasteiger partial charge in [-0.25, -0.2) is 0 Å². The number of aromatic amines is 1. The fourth-order valence-electron chi connectivity index (χ4n) is 1.96. The van der Waals surface area contributed by atoms with E-state index in [2.05, 4.69) is 4.98 Å². The third kappa shape index (κ3) is 2.99. The van der Waals surface area contributed by atoms with Crippen molar-refractivity contribution >= 4 is 13.2 Å². The molecule has 1 aromatic rings. The van der Waals surface area contributed by atoms with Crippen molar-refractivity contribution in [1.82, 2.24) is 4.98 Å². The van der Waals surface area contributed by atoms with Gasteiger partial charge < -0.3 is 14.3 Å². The zero-order chi connectivity index (χ0) is 14.3. The fraction of sp³-hybridized carbons (Fsp3) is 0.500. The lowest BCUT2D eigenvalue weighted by Gasteiger charge is -2.32. The third-order valence-electron chi connectivity index (χ3n) is 3.72. The first-order chi connectivity index (χ1) is 8.69. The molecule has 0 radical (unpaired) electrons.